The van der Waals surface area contributed by atoms with Crippen molar-refractivity contribution in [2.24, 2.45) is 0 Å². The van der Waals surface area contributed by atoms with Crippen LogP contribution in [-0.4, -0.2) is 59.5 Å². The summed E-state index contributed by atoms with van der Waals surface area (Å²) >= 11 is 0. The van der Waals surface area contributed by atoms with Crippen molar-refractivity contribution in [2.45, 2.75) is 32.7 Å². The van der Waals surface area contributed by atoms with Crippen molar-refractivity contribution in [2.75, 3.05) is 49.1 Å². The number of piperidine rings is 1. The Morgan fingerprint density at radius 3 is 2.59 bits per heavy atom. The number of urea groups is 1. The molecule has 3 amide bonds. The van der Waals surface area contributed by atoms with Crippen LogP contribution in [0.5, 0.6) is 0 Å². The van der Waals surface area contributed by atoms with Crippen molar-refractivity contribution in [3.63, 3.8) is 0 Å². The second kappa shape index (κ2) is 13.5. The van der Waals surface area contributed by atoms with E-state index in [4.69, 9.17) is 5.73 Å². The molecule has 1 aliphatic heterocycles. The summed E-state index contributed by atoms with van der Waals surface area (Å²) in [7, 11) is 0. The molecule has 1 saturated heterocycles. The minimum Gasteiger partial charge on any atom is -0.384 e. The number of nitrogens with zero attached hydrogens (tertiary/aromatic N) is 3. The van der Waals surface area contributed by atoms with Gasteiger partial charge in [0.15, 0.2) is 0 Å². The quantitative estimate of drug-likeness (QED) is 0.267. The number of anilines is 3. The number of nitrogens with one attached hydrogen (secondary N) is 4. The molecule has 1 fully saturated rings. The molecule has 6 N–H and O–H groups in total. The van der Waals surface area contributed by atoms with Crippen LogP contribution in [-0.2, 0) is 6.54 Å². The number of benzene rings is 1. The molecule has 2 aromatic heterocycles. The van der Waals surface area contributed by atoms with Crippen LogP contribution in [0.3, 0.4) is 0 Å². The second-order valence-electron chi connectivity index (χ2n) is 9.37. The average Bonchev–Trinajstić information content (AvgIpc) is 2.94. The second-order valence-corrected chi connectivity index (χ2v) is 9.37. The highest BCUT2D eigenvalue weighted by atomic mass is 19.1. The zero-order chi connectivity index (χ0) is 27.6. The van der Waals surface area contributed by atoms with Crippen LogP contribution < -0.4 is 27.0 Å². The van der Waals surface area contributed by atoms with Crippen LogP contribution in [0, 0.1) is 5.82 Å². The highest BCUT2D eigenvalue weighted by molar-refractivity contribution is 5.99. The number of hydrogen-bond donors (Lipinski definition) is 5. The number of rotatable bonds is 10. The summed E-state index contributed by atoms with van der Waals surface area (Å²) in [5.41, 5.74) is 7.81. The molecule has 1 aliphatic rings. The molecule has 0 spiro atoms. The molecule has 0 atom stereocenters. The van der Waals surface area contributed by atoms with Crippen molar-refractivity contribution in [1.29, 1.82) is 0 Å². The van der Waals surface area contributed by atoms with Crippen LogP contribution in [0.15, 0.2) is 48.7 Å². The maximum absolute atomic E-state index is 14.9. The lowest BCUT2D eigenvalue weighted by Crippen LogP contribution is -2.37. The van der Waals surface area contributed by atoms with Gasteiger partial charge < -0.3 is 31.9 Å². The van der Waals surface area contributed by atoms with Crippen LogP contribution in [0.25, 0.3) is 11.3 Å². The first-order valence-corrected chi connectivity index (χ1v) is 13.2. The van der Waals surface area contributed by atoms with Gasteiger partial charge in [-0.3, -0.25) is 4.79 Å². The molecule has 206 valence electrons. The smallest absolute Gasteiger partial charge is 0.319 e. The number of carbonyl (C=O) groups is 2. The lowest BCUT2D eigenvalue weighted by molar-refractivity contribution is 0.0947. The molecule has 0 aliphatic carbocycles. The van der Waals surface area contributed by atoms with E-state index in [1.807, 2.05) is 6.92 Å². The predicted octanol–water partition coefficient (Wildman–Crippen LogP) is 3.83. The fourth-order valence-electron chi connectivity index (χ4n) is 4.38. The van der Waals surface area contributed by atoms with Crippen molar-refractivity contribution in [1.82, 2.24) is 25.5 Å². The number of carbonyl (C=O) groups excluding carboxylic acids is 2. The molecule has 11 heteroatoms. The third-order valence-corrected chi connectivity index (χ3v) is 6.46. The third kappa shape index (κ3) is 7.87. The van der Waals surface area contributed by atoms with Gasteiger partial charge in [-0.05, 0) is 68.8 Å². The molecular formula is C28H35FN8O2. The summed E-state index contributed by atoms with van der Waals surface area (Å²) in [5.74, 6) is 0.0137. The van der Waals surface area contributed by atoms with E-state index in [9.17, 15) is 14.0 Å². The fourth-order valence-corrected chi connectivity index (χ4v) is 4.38. The largest absolute Gasteiger partial charge is 0.384 e. The number of likely N-dealkylation sites (tertiary alicyclic amines) is 1. The third-order valence-electron chi connectivity index (χ3n) is 6.46. The number of aromatic nitrogens is 2. The Labute approximate surface area is 227 Å². The number of halogens is 1. The first kappa shape index (κ1) is 27.8. The predicted molar refractivity (Wildman–Crippen MR) is 151 cm³/mol. The van der Waals surface area contributed by atoms with Gasteiger partial charge in [-0.15, -0.1) is 0 Å². The van der Waals surface area contributed by atoms with Gasteiger partial charge in [-0.1, -0.05) is 18.6 Å². The van der Waals surface area contributed by atoms with Crippen molar-refractivity contribution < 1.29 is 14.0 Å². The Hall–Kier alpha value is -4.25. The van der Waals surface area contributed by atoms with Gasteiger partial charge in [0.25, 0.3) is 5.91 Å². The molecule has 10 nitrogen and oxygen atoms in total. The zero-order valence-electron chi connectivity index (χ0n) is 22.1. The normalized spacial score (nSPS) is 13.5. The minimum atomic E-state index is -0.608. The van der Waals surface area contributed by atoms with E-state index in [2.05, 4.69) is 36.1 Å². The van der Waals surface area contributed by atoms with Gasteiger partial charge in [0.05, 0.1) is 16.9 Å². The lowest BCUT2D eigenvalue weighted by Gasteiger charge is -2.26. The molecule has 0 saturated carbocycles. The summed E-state index contributed by atoms with van der Waals surface area (Å²) in [6.45, 7) is 6.25. The Kier molecular flexibility index (Phi) is 9.63. The summed E-state index contributed by atoms with van der Waals surface area (Å²) in [5, 5.41) is 11.3. The number of nitrogens with two attached hydrogens (primary N) is 1. The number of nitrogen functional groups attached to an aromatic ring is 1. The average molecular weight is 535 g/mol. The van der Waals surface area contributed by atoms with Gasteiger partial charge >= 0.3 is 6.03 Å². The maximum Gasteiger partial charge on any atom is 0.319 e. The van der Waals surface area contributed by atoms with Crippen LogP contribution in [0.2, 0.25) is 0 Å². The summed E-state index contributed by atoms with van der Waals surface area (Å²) in [6.07, 6.45) is 5.24. The monoisotopic (exact) mass is 534 g/mol. The van der Waals surface area contributed by atoms with E-state index < -0.39 is 11.8 Å². The Morgan fingerprint density at radius 2 is 1.87 bits per heavy atom. The molecule has 0 bridgehead atoms. The topological polar surface area (TPSA) is 137 Å². The SMILES string of the molecule is CCNc1nc(-c2ccc(NC(=O)NCc3ccc(N)nc3)c(F)c2)ccc1C(=O)NCCN1CCCCC1. The maximum atomic E-state index is 14.9. The summed E-state index contributed by atoms with van der Waals surface area (Å²) < 4.78 is 14.9. The zero-order valence-corrected chi connectivity index (χ0v) is 22.1. The van der Waals surface area contributed by atoms with Crippen LogP contribution in [0.1, 0.15) is 42.1 Å². The highest BCUT2D eigenvalue weighted by Crippen LogP contribution is 2.26. The van der Waals surface area contributed by atoms with Crippen LogP contribution >= 0.6 is 0 Å². The first-order chi connectivity index (χ1) is 18.9. The number of amides is 3. The minimum absolute atomic E-state index is 0.0308. The summed E-state index contributed by atoms with van der Waals surface area (Å²) in [6, 6.07) is 10.7. The molecule has 3 aromatic rings. The molecule has 3 heterocycles. The van der Waals surface area contributed by atoms with Crippen molar-refractivity contribution in [3.05, 3.63) is 65.6 Å². The van der Waals surface area contributed by atoms with Crippen LogP contribution in [0.4, 0.5) is 26.5 Å². The molecule has 0 unspecified atom stereocenters. The highest BCUT2D eigenvalue weighted by Gasteiger charge is 2.16. The standard InChI is InChI=1S/C28H35FN8O2/c1-2-31-26-21(27(38)32-12-15-37-13-4-3-5-14-37)8-10-23(35-26)20-7-9-24(22(29)16-20)36-28(39)34-18-19-6-11-25(30)33-17-19/h6-11,16-17H,2-5,12-15,18H2,1H3,(H2,30,33)(H,31,35)(H,32,38)(H2,34,36,39). The molecule has 4 rings (SSSR count). The molecular weight excluding hydrogens is 499 g/mol. The number of hydrogen-bond acceptors (Lipinski definition) is 7. The van der Waals surface area contributed by atoms with E-state index in [-0.39, 0.29) is 18.1 Å². The van der Waals surface area contributed by atoms with E-state index in [1.165, 1.54) is 31.4 Å². The molecule has 0 radical (unpaired) electrons. The van der Waals surface area contributed by atoms with Gasteiger partial charge in [0, 0.05) is 37.9 Å². The van der Waals surface area contributed by atoms with Gasteiger partial charge in [-0.25, -0.2) is 19.2 Å². The number of pyridine rings is 2. The molecule has 1 aromatic carbocycles. The van der Waals surface area contributed by atoms with Gasteiger partial charge in [0.2, 0.25) is 0 Å². The lowest BCUT2D eigenvalue weighted by atomic mass is 10.1. The van der Waals surface area contributed by atoms with Gasteiger partial charge in [0.1, 0.15) is 17.5 Å². The van der Waals surface area contributed by atoms with Gasteiger partial charge in [-0.2, -0.15) is 0 Å². The Morgan fingerprint density at radius 1 is 1.05 bits per heavy atom. The van der Waals surface area contributed by atoms with E-state index in [1.54, 1.807) is 36.5 Å². The fraction of sp³-hybridized carbons (Fsp3) is 0.357. The molecule has 39 heavy (non-hydrogen) atoms. The van der Waals surface area contributed by atoms with E-state index in [0.29, 0.717) is 41.5 Å². The van der Waals surface area contributed by atoms with E-state index >= 15 is 0 Å². The van der Waals surface area contributed by atoms with E-state index in [0.717, 1.165) is 25.2 Å². The first-order valence-electron chi connectivity index (χ1n) is 13.2. The van der Waals surface area contributed by atoms with Crippen molar-refractivity contribution in [3.8, 4) is 11.3 Å². The Bertz CT molecular complexity index is 1280. The summed E-state index contributed by atoms with van der Waals surface area (Å²) in [4.78, 5) is 36.0. The van der Waals surface area contributed by atoms with Crippen molar-refractivity contribution >= 4 is 29.3 Å². The Balaban J connectivity index is 1.38.